The third-order valence-electron chi connectivity index (χ3n) is 3.30. The van der Waals surface area contributed by atoms with Crippen molar-refractivity contribution in [3.05, 3.63) is 35.5 Å². The van der Waals surface area contributed by atoms with E-state index in [2.05, 4.69) is 23.8 Å². The lowest BCUT2D eigenvalue weighted by Gasteiger charge is -2.12. The highest BCUT2D eigenvalue weighted by Crippen LogP contribution is 2.27. The smallest absolute Gasteiger partial charge is 0.342 e. The molecule has 2 N–H and O–H groups in total. The van der Waals surface area contributed by atoms with E-state index >= 15 is 0 Å². The second kappa shape index (κ2) is 7.77. The Morgan fingerprint density at radius 3 is 2.46 bits per heavy atom. The average Bonchev–Trinajstić information content (AvgIpc) is 2.52. The molecule has 6 heteroatoms. The maximum atomic E-state index is 12.2. The standard InChI is InChI=1S/C18H23N3O3/c1-5-23-17(22)15-12(4)20-18(19)21-16(15)13-6-8-14(9-7-13)24-10-11(2)3/h6-9,11H,5,10H2,1-4H3,(H2,19,20,21). The van der Waals surface area contributed by atoms with Crippen LogP contribution < -0.4 is 10.5 Å². The van der Waals surface area contributed by atoms with Crippen LogP contribution in [0, 0.1) is 12.8 Å². The highest BCUT2D eigenvalue weighted by Gasteiger charge is 2.20. The highest BCUT2D eigenvalue weighted by molar-refractivity contribution is 5.97. The number of carbonyl (C=O) groups excluding carboxylic acids is 1. The van der Waals surface area contributed by atoms with Gasteiger partial charge in [-0.25, -0.2) is 14.8 Å². The molecule has 0 aliphatic rings. The predicted octanol–water partition coefficient (Wildman–Crippen LogP) is 3.25. The van der Waals surface area contributed by atoms with Crippen LogP contribution in [0.2, 0.25) is 0 Å². The van der Waals surface area contributed by atoms with Crippen molar-refractivity contribution in [1.82, 2.24) is 9.97 Å². The van der Waals surface area contributed by atoms with Gasteiger partial charge in [-0.15, -0.1) is 0 Å². The Bertz CT molecular complexity index is 712. The number of aryl methyl sites for hydroxylation is 1. The molecular formula is C18H23N3O3. The van der Waals surface area contributed by atoms with Gasteiger partial charge in [0.1, 0.15) is 11.3 Å². The minimum atomic E-state index is -0.454. The zero-order valence-corrected chi connectivity index (χ0v) is 14.5. The predicted molar refractivity (Wildman–Crippen MR) is 92.9 cm³/mol. The lowest BCUT2D eigenvalue weighted by atomic mass is 10.0. The molecule has 1 heterocycles. The first-order valence-corrected chi connectivity index (χ1v) is 7.96. The van der Waals surface area contributed by atoms with Crippen LogP contribution in [-0.4, -0.2) is 29.2 Å². The minimum Gasteiger partial charge on any atom is -0.493 e. The Kier molecular flexibility index (Phi) is 5.73. The van der Waals surface area contributed by atoms with Crippen LogP contribution in [0.1, 0.15) is 36.8 Å². The molecule has 128 valence electrons. The molecular weight excluding hydrogens is 306 g/mol. The molecule has 0 bridgehead atoms. The van der Waals surface area contributed by atoms with E-state index in [1.54, 1.807) is 13.8 Å². The number of rotatable bonds is 6. The Labute approximate surface area is 142 Å². The van der Waals surface area contributed by atoms with E-state index < -0.39 is 5.97 Å². The topological polar surface area (TPSA) is 87.3 Å². The van der Waals surface area contributed by atoms with Crippen LogP contribution in [0.15, 0.2) is 24.3 Å². The fraction of sp³-hybridized carbons (Fsp3) is 0.389. The zero-order chi connectivity index (χ0) is 17.7. The second-order valence-corrected chi connectivity index (χ2v) is 5.84. The third-order valence-corrected chi connectivity index (χ3v) is 3.30. The lowest BCUT2D eigenvalue weighted by Crippen LogP contribution is -2.13. The number of nitrogens with two attached hydrogens (primary N) is 1. The number of nitrogen functional groups attached to an aromatic ring is 1. The van der Waals surface area contributed by atoms with Gasteiger partial charge in [0.25, 0.3) is 0 Å². The van der Waals surface area contributed by atoms with E-state index in [9.17, 15) is 4.79 Å². The maximum Gasteiger partial charge on any atom is 0.342 e. The fourth-order valence-corrected chi connectivity index (χ4v) is 2.22. The molecule has 1 aromatic heterocycles. The Hall–Kier alpha value is -2.63. The van der Waals surface area contributed by atoms with Gasteiger partial charge in [-0.2, -0.15) is 0 Å². The van der Waals surface area contributed by atoms with Crippen LogP contribution in [0.25, 0.3) is 11.3 Å². The molecule has 0 aliphatic heterocycles. The van der Waals surface area contributed by atoms with Crippen molar-refractivity contribution in [3.8, 4) is 17.0 Å². The first kappa shape index (κ1) is 17.7. The first-order valence-electron chi connectivity index (χ1n) is 7.96. The van der Waals surface area contributed by atoms with Gasteiger partial charge in [-0.1, -0.05) is 13.8 Å². The van der Waals surface area contributed by atoms with Gasteiger partial charge >= 0.3 is 5.97 Å². The van der Waals surface area contributed by atoms with Crippen LogP contribution in [-0.2, 0) is 4.74 Å². The fourth-order valence-electron chi connectivity index (χ4n) is 2.22. The number of benzene rings is 1. The van der Waals surface area contributed by atoms with Gasteiger partial charge in [0.05, 0.1) is 24.6 Å². The van der Waals surface area contributed by atoms with E-state index in [-0.39, 0.29) is 12.6 Å². The molecule has 1 aromatic carbocycles. The molecule has 0 fully saturated rings. The number of hydrogen-bond donors (Lipinski definition) is 1. The zero-order valence-electron chi connectivity index (χ0n) is 14.5. The molecule has 0 atom stereocenters. The van der Waals surface area contributed by atoms with Gasteiger partial charge in [0, 0.05) is 5.56 Å². The SMILES string of the molecule is CCOC(=O)c1c(C)nc(N)nc1-c1ccc(OCC(C)C)cc1. The molecule has 0 amide bonds. The minimum absolute atomic E-state index is 0.121. The van der Waals surface area contributed by atoms with Gasteiger partial charge in [0.15, 0.2) is 0 Å². The van der Waals surface area contributed by atoms with Gasteiger partial charge < -0.3 is 15.2 Å². The number of nitrogens with zero attached hydrogens (tertiary/aromatic N) is 2. The summed E-state index contributed by atoms with van der Waals surface area (Å²) in [5.74, 6) is 0.883. The van der Waals surface area contributed by atoms with E-state index in [1.807, 2.05) is 24.3 Å². The number of ether oxygens (including phenoxy) is 2. The molecule has 6 nitrogen and oxygen atoms in total. The quantitative estimate of drug-likeness (QED) is 0.819. The normalized spacial score (nSPS) is 10.7. The average molecular weight is 329 g/mol. The number of aromatic nitrogens is 2. The van der Waals surface area contributed by atoms with Crippen molar-refractivity contribution < 1.29 is 14.3 Å². The molecule has 0 spiro atoms. The Morgan fingerprint density at radius 1 is 1.21 bits per heavy atom. The molecule has 24 heavy (non-hydrogen) atoms. The molecule has 0 aliphatic carbocycles. The summed E-state index contributed by atoms with van der Waals surface area (Å²) in [5.41, 5.74) is 7.81. The molecule has 2 rings (SSSR count). The molecule has 2 aromatic rings. The monoisotopic (exact) mass is 329 g/mol. The highest BCUT2D eigenvalue weighted by atomic mass is 16.5. The molecule has 0 saturated heterocycles. The van der Waals surface area contributed by atoms with Crippen molar-refractivity contribution in [2.75, 3.05) is 18.9 Å². The molecule has 0 saturated carbocycles. The summed E-state index contributed by atoms with van der Waals surface area (Å²) in [6.07, 6.45) is 0. The van der Waals surface area contributed by atoms with E-state index in [0.29, 0.717) is 29.5 Å². The van der Waals surface area contributed by atoms with Gasteiger partial charge in [-0.3, -0.25) is 0 Å². The lowest BCUT2D eigenvalue weighted by molar-refractivity contribution is 0.0525. The summed E-state index contributed by atoms with van der Waals surface area (Å²) in [6, 6.07) is 7.39. The number of hydrogen-bond acceptors (Lipinski definition) is 6. The second-order valence-electron chi connectivity index (χ2n) is 5.84. The molecule has 0 unspecified atom stereocenters. The van der Waals surface area contributed by atoms with E-state index in [1.165, 1.54) is 0 Å². The van der Waals surface area contributed by atoms with Crippen LogP contribution in [0.3, 0.4) is 0 Å². The number of carbonyl (C=O) groups is 1. The van der Waals surface area contributed by atoms with Crippen molar-refractivity contribution in [2.45, 2.75) is 27.7 Å². The summed E-state index contributed by atoms with van der Waals surface area (Å²) in [7, 11) is 0. The molecule has 0 radical (unpaired) electrons. The van der Waals surface area contributed by atoms with Gasteiger partial charge in [-0.05, 0) is 44.0 Å². The van der Waals surface area contributed by atoms with Crippen molar-refractivity contribution in [2.24, 2.45) is 5.92 Å². The van der Waals surface area contributed by atoms with Crippen LogP contribution in [0.5, 0.6) is 5.75 Å². The number of anilines is 1. The maximum absolute atomic E-state index is 12.2. The summed E-state index contributed by atoms with van der Waals surface area (Å²) in [5, 5.41) is 0. The Balaban J connectivity index is 2.38. The summed E-state index contributed by atoms with van der Waals surface area (Å²) < 4.78 is 10.8. The van der Waals surface area contributed by atoms with Gasteiger partial charge in [0.2, 0.25) is 5.95 Å². The van der Waals surface area contributed by atoms with Crippen molar-refractivity contribution in [1.29, 1.82) is 0 Å². The van der Waals surface area contributed by atoms with Crippen molar-refractivity contribution >= 4 is 11.9 Å². The number of esters is 1. The first-order chi connectivity index (χ1) is 11.4. The summed E-state index contributed by atoms with van der Waals surface area (Å²) in [4.78, 5) is 20.6. The summed E-state index contributed by atoms with van der Waals surface area (Å²) in [6.45, 7) is 8.58. The largest absolute Gasteiger partial charge is 0.493 e. The van der Waals surface area contributed by atoms with E-state index in [0.717, 1.165) is 11.3 Å². The van der Waals surface area contributed by atoms with Crippen LogP contribution in [0.4, 0.5) is 5.95 Å². The van der Waals surface area contributed by atoms with E-state index in [4.69, 9.17) is 15.2 Å². The Morgan fingerprint density at radius 2 is 1.88 bits per heavy atom. The third kappa shape index (κ3) is 4.22. The summed E-state index contributed by atoms with van der Waals surface area (Å²) >= 11 is 0. The van der Waals surface area contributed by atoms with Crippen LogP contribution >= 0.6 is 0 Å². The van der Waals surface area contributed by atoms with Crippen molar-refractivity contribution in [3.63, 3.8) is 0 Å².